The van der Waals surface area contributed by atoms with Gasteiger partial charge in [-0.25, -0.2) is 0 Å². The van der Waals surface area contributed by atoms with Gasteiger partial charge in [-0.2, -0.15) is 5.10 Å². The maximum absolute atomic E-state index is 13.2. The second-order valence-electron chi connectivity index (χ2n) is 7.84. The Bertz CT molecular complexity index is 596. The van der Waals surface area contributed by atoms with Crippen molar-refractivity contribution in [1.82, 2.24) is 20.4 Å². The van der Waals surface area contributed by atoms with Crippen LogP contribution in [-0.2, 0) is 13.0 Å². The topological polar surface area (TPSA) is 61.0 Å². The van der Waals surface area contributed by atoms with Crippen LogP contribution >= 0.6 is 0 Å². The van der Waals surface area contributed by atoms with Crippen molar-refractivity contribution in [3.63, 3.8) is 0 Å². The van der Waals surface area contributed by atoms with Gasteiger partial charge in [0.15, 0.2) is 5.69 Å². The van der Waals surface area contributed by atoms with Crippen LogP contribution in [0, 0.1) is 17.8 Å². The van der Waals surface area contributed by atoms with E-state index in [4.69, 9.17) is 0 Å². The second kappa shape index (κ2) is 4.82. The van der Waals surface area contributed by atoms with E-state index in [0.717, 1.165) is 55.1 Å². The summed E-state index contributed by atoms with van der Waals surface area (Å²) in [5.74, 6) is 2.65. The van der Waals surface area contributed by atoms with Gasteiger partial charge in [-0.15, -0.1) is 0 Å². The van der Waals surface area contributed by atoms with Crippen LogP contribution in [0.4, 0.5) is 0 Å². The molecule has 4 heterocycles. The van der Waals surface area contributed by atoms with Gasteiger partial charge in [-0.05, 0) is 49.9 Å². The molecule has 1 amide bonds. The highest BCUT2D eigenvalue weighted by molar-refractivity contribution is 5.94. The number of hydrogen-bond acceptors (Lipinski definition) is 3. The molecule has 0 spiro atoms. The lowest BCUT2D eigenvalue weighted by Crippen LogP contribution is -2.42. The molecule has 2 saturated heterocycles. The number of H-pyrrole nitrogens is 1. The van der Waals surface area contributed by atoms with E-state index in [9.17, 15) is 4.79 Å². The van der Waals surface area contributed by atoms with Crippen molar-refractivity contribution < 1.29 is 4.79 Å². The largest absolute Gasteiger partial charge is 0.334 e. The lowest BCUT2D eigenvalue weighted by molar-refractivity contribution is 0.0625. The molecule has 6 rings (SSSR count). The third-order valence-electron chi connectivity index (χ3n) is 6.38. The summed E-state index contributed by atoms with van der Waals surface area (Å²) in [6, 6.07) is 0.465. The molecular formula is C17H24N4O. The number of rotatable bonds is 1. The summed E-state index contributed by atoms with van der Waals surface area (Å²) < 4.78 is 0. The van der Waals surface area contributed by atoms with Gasteiger partial charge in [0.25, 0.3) is 5.91 Å². The van der Waals surface area contributed by atoms with Crippen molar-refractivity contribution in [2.75, 3.05) is 13.1 Å². The van der Waals surface area contributed by atoms with E-state index < -0.39 is 0 Å². The third-order valence-corrected chi connectivity index (χ3v) is 6.38. The number of amides is 1. The minimum absolute atomic E-state index is 0.180. The van der Waals surface area contributed by atoms with E-state index in [-0.39, 0.29) is 5.91 Å². The summed E-state index contributed by atoms with van der Waals surface area (Å²) >= 11 is 0. The number of carbonyl (C=O) groups excluding carboxylic acids is 1. The van der Waals surface area contributed by atoms with Crippen LogP contribution < -0.4 is 5.32 Å². The Kier molecular flexibility index (Phi) is 2.87. The molecule has 0 radical (unpaired) electrons. The molecule has 2 unspecified atom stereocenters. The molecule has 3 aliphatic heterocycles. The minimum Gasteiger partial charge on any atom is -0.334 e. The smallest absolute Gasteiger partial charge is 0.274 e. The standard InChI is InChI=1S/C17H24N4O/c22-17(16-14-8-18-2-1-15(14)19-20-16)21-9-12-4-10-3-11(5-12)7-13(21)6-10/h10-13,18H,1-9H2,(H,19,20). The van der Waals surface area contributed by atoms with Gasteiger partial charge in [-0.1, -0.05) is 0 Å². The van der Waals surface area contributed by atoms with Crippen molar-refractivity contribution in [2.24, 2.45) is 17.8 Å². The Morgan fingerprint density at radius 1 is 1.09 bits per heavy atom. The highest BCUT2D eigenvalue weighted by Crippen LogP contribution is 2.47. The SMILES string of the molecule is O=C(c1n[nH]c2c1CNCC2)N1CC2CC3CC(C2)CC1C3. The van der Waals surface area contributed by atoms with Crippen LogP contribution in [0.1, 0.15) is 53.8 Å². The molecule has 1 aromatic heterocycles. The average Bonchev–Trinajstić information content (AvgIpc) is 2.85. The van der Waals surface area contributed by atoms with Crippen LogP contribution in [0.3, 0.4) is 0 Å². The fraction of sp³-hybridized carbons (Fsp3) is 0.765. The van der Waals surface area contributed by atoms with Gasteiger partial charge in [0.1, 0.15) is 0 Å². The quantitative estimate of drug-likeness (QED) is 0.830. The van der Waals surface area contributed by atoms with Crippen LogP contribution in [0.15, 0.2) is 0 Å². The van der Waals surface area contributed by atoms with Gasteiger partial charge < -0.3 is 10.2 Å². The van der Waals surface area contributed by atoms with E-state index in [1.165, 1.54) is 32.1 Å². The first-order valence-corrected chi connectivity index (χ1v) is 8.85. The molecule has 5 heteroatoms. The highest BCUT2D eigenvalue weighted by Gasteiger charge is 2.44. The molecule has 2 saturated carbocycles. The monoisotopic (exact) mass is 300 g/mol. The number of fused-ring (bicyclic) bond motifs is 2. The number of nitrogens with zero attached hydrogens (tertiary/aromatic N) is 2. The van der Waals surface area contributed by atoms with Crippen molar-refractivity contribution >= 4 is 5.91 Å². The fourth-order valence-electron chi connectivity index (χ4n) is 5.57. The summed E-state index contributed by atoms with van der Waals surface area (Å²) in [4.78, 5) is 15.4. The first kappa shape index (κ1) is 13.1. The molecule has 2 N–H and O–H groups in total. The molecule has 2 aliphatic carbocycles. The number of nitrogens with one attached hydrogen (secondary N) is 2. The van der Waals surface area contributed by atoms with Crippen LogP contribution in [0.2, 0.25) is 0 Å². The minimum atomic E-state index is 0.180. The van der Waals surface area contributed by atoms with E-state index in [1.54, 1.807) is 0 Å². The molecule has 118 valence electrons. The third kappa shape index (κ3) is 1.94. The van der Waals surface area contributed by atoms with Gasteiger partial charge >= 0.3 is 0 Å². The predicted octanol–water partition coefficient (Wildman–Crippen LogP) is 1.71. The Labute approximate surface area is 130 Å². The lowest BCUT2D eigenvalue weighted by Gasteiger charge is -2.38. The van der Waals surface area contributed by atoms with E-state index in [2.05, 4.69) is 20.4 Å². The number of aromatic nitrogens is 2. The molecule has 0 aromatic carbocycles. The van der Waals surface area contributed by atoms with E-state index in [0.29, 0.717) is 11.7 Å². The zero-order chi connectivity index (χ0) is 14.7. The van der Waals surface area contributed by atoms with E-state index in [1.807, 2.05) is 0 Å². The van der Waals surface area contributed by atoms with Gasteiger partial charge in [0.05, 0.1) is 0 Å². The zero-order valence-electron chi connectivity index (χ0n) is 13.0. The van der Waals surface area contributed by atoms with Crippen molar-refractivity contribution in [3.05, 3.63) is 17.0 Å². The second-order valence-corrected chi connectivity index (χ2v) is 7.84. The van der Waals surface area contributed by atoms with Crippen LogP contribution in [-0.4, -0.2) is 40.1 Å². The lowest BCUT2D eigenvalue weighted by atomic mass is 9.68. The molecule has 4 bridgehead atoms. The number of carbonyl (C=O) groups is 1. The van der Waals surface area contributed by atoms with Gasteiger partial charge in [0.2, 0.25) is 0 Å². The number of hydrogen-bond donors (Lipinski definition) is 2. The van der Waals surface area contributed by atoms with Crippen LogP contribution in [0.25, 0.3) is 0 Å². The summed E-state index contributed by atoms with van der Waals surface area (Å²) in [7, 11) is 0. The molecule has 4 fully saturated rings. The number of aromatic amines is 1. The van der Waals surface area contributed by atoms with Crippen LogP contribution in [0.5, 0.6) is 0 Å². The fourth-order valence-corrected chi connectivity index (χ4v) is 5.57. The van der Waals surface area contributed by atoms with E-state index >= 15 is 0 Å². The molecular weight excluding hydrogens is 276 g/mol. The molecule has 5 nitrogen and oxygen atoms in total. The first-order chi connectivity index (χ1) is 10.8. The normalized spacial score (nSPS) is 36.3. The molecule has 2 atom stereocenters. The van der Waals surface area contributed by atoms with Crippen molar-refractivity contribution in [1.29, 1.82) is 0 Å². The van der Waals surface area contributed by atoms with Crippen molar-refractivity contribution in [2.45, 2.75) is 51.1 Å². The Hall–Kier alpha value is -1.36. The van der Waals surface area contributed by atoms with Gasteiger partial charge in [0, 0.05) is 43.4 Å². The molecule has 22 heavy (non-hydrogen) atoms. The summed E-state index contributed by atoms with van der Waals surface area (Å²) in [6.45, 7) is 2.71. The average molecular weight is 300 g/mol. The highest BCUT2D eigenvalue weighted by atomic mass is 16.2. The molecule has 5 aliphatic rings. The summed E-state index contributed by atoms with van der Waals surface area (Å²) in [6.07, 6.45) is 7.50. The zero-order valence-corrected chi connectivity index (χ0v) is 13.0. The Morgan fingerprint density at radius 3 is 2.68 bits per heavy atom. The Balaban J connectivity index is 1.47. The van der Waals surface area contributed by atoms with Gasteiger partial charge in [-0.3, -0.25) is 9.89 Å². The predicted molar refractivity (Wildman–Crippen MR) is 82.4 cm³/mol. The molecule has 1 aromatic rings. The first-order valence-electron chi connectivity index (χ1n) is 8.85. The maximum atomic E-state index is 13.2. The van der Waals surface area contributed by atoms with Crippen molar-refractivity contribution in [3.8, 4) is 0 Å². The maximum Gasteiger partial charge on any atom is 0.274 e. The summed E-state index contributed by atoms with van der Waals surface area (Å²) in [5.41, 5.74) is 2.95. The Morgan fingerprint density at radius 2 is 1.86 bits per heavy atom. The summed E-state index contributed by atoms with van der Waals surface area (Å²) in [5, 5.41) is 10.9.